The van der Waals surface area contributed by atoms with E-state index < -0.39 is 5.79 Å². The average molecular weight is 415 g/mol. The minimum atomic E-state index is -1.20. The maximum atomic E-state index is 6.44. The van der Waals surface area contributed by atoms with Crippen molar-refractivity contribution in [3.63, 3.8) is 0 Å². The molecule has 0 saturated heterocycles. The van der Waals surface area contributed by atoms with Crippen LogP contribution in [-0.2, 0) is 12.2 Å². The predicted octanol–water partition coefficient (Wildman–Crippen LogP) is 3.64. The summed E-state index contributed by atoms with van der Waals surface area (Å²) in [6, 6.07) is 11.3. The molecule has 6 nitrogen and oxygen atoms in total. The number of benzene rings is 2. The Balaban J connectivity index is 1.94. The zero-order valence-corrected chi connectivity index (χ0v) is 17.9. The van der Waals surface area contributed by atoms with Gasteiger partial charge in [-0.25, -0.2) is 4.99 Å². The zero-order chi connectivity index (χ0) is 21.2. The highest BCUT2D eigenvalue weighted by Gasteiger charge is 2.31. The number of nitrogens with one attached hydrogen (secondary N) is 1. The van der Waals surface area contributed by atoms with Gasteiger partial charge in [-0.2, -0.15) is 0 Å². The lowest BCUT2D eigenvalue weighted by Crippen LogP contribution is -2.50. The molecule has 0 aromatic heterocycles. The zero-order valence-electron chi connectivity index (χ0n) is 17.1. The van der Waals surface area contributed by atoms with Crippen molar-refractivity contribution < 1.29 is 9.47 Å². The summed E-state index contributed by atoms with van der Waals surface area (Å²) in [4.78, 5) is 4.53. The minimum absolute atomic E-state index is 0.303. The van der Waals surface area contributed by atoms with Crippen LogP contribution in [0.1, 0.15) is 36.5 Å². The molecule has 0 spiro atoms. The number of aliphatic imine (C=N–C) groups is 1. The van der Waals surface area contributed by atoms with E-state index in [0.29, 0.717) is 40.3 Å². The predicted molar refractivity (Wildman–Crippen MR) is 117 cm³/mol. The number of rotatable bonds is 6. The monoisotopic (exact) mass is 414 g/mol. The number of hydrogen-bond donors (Lipinski definition) is 3. The van der Waals surface area contributed by atoms with Gasteiger partial charge >= 0.3 is 0 Å². The summed E-state index contributed by atoms with van der Waals surface area (Å²) in [5.74, 6) is 0.852. The smallest absolute Gasteiger partial charge is 0.212 e. The summed E-state index contributed by atoms with van der Waals surface area (Å²) in [5, 5.41) is 3.69. The maximum absolute atomic E-state index is 6.44. The largest absolute Gasteiger partial charge is 0.493 e. The second-order valence-corrected chi connectivity index (χ2v) is 7.70. The average Bonchev–Trinajstić information content (AvgIpc) is 2.69. The normalized spacial score (nSPS) is 18.7. The molecular weight excluding hydrogens is 388 g/mol. The third-order valence-electron chi connectivity index (χ3n) is 5.03. The van der Waals surface area contributed by atoms with Gasteiger partial charge in [-0.15, -0.1) is 0 Å². The first-order valence-electron chi connectivity index (χ1n) is 9.40. The fourth-order valence-corrected chi connectivity index (χ4v) is 3.73. The van der Waals surface area contributed by atoms with Crippen LogP contribution in [0.5, 0.6) is 11.5 Å². The Labute approximate surface area is 176 Å². The lowest BCUT2D eigenvalue weighted by atomic mass is 9.91. The van der Waals surface area contributed by atoms with Crippen molar-refractivity contribution in [2.24, 2.45) is 16.5 Å². The van der Waals surface area contributed by atoms with E-state index in [2.05, 4.69) is 24.2 Å². The van der Waals surface area contributed by atoms with Crippen molar-refractivity contribution in [2.45, 2.75) is 32.0 Å². The van der Waals surface area contributed by atoms with Crippen molar-refractivity contribution in [3.8, 4) is 11.5 Å². The Morgan fingerprint density at radius 3 is 2.38 bits per heavy atom. The van der Waals surface area contributed by atoms with Crippen LogP contribution in [0.25, 0.3) is 0 Å². The lowest BCUT2D eigenvalue weighted by molar-refractivity contribution is 0.354. The highest BCUT2D eigenvalue weighted by Crippen LogP contribution is 2.35. The van der Waals surface area contributed by atoms with E-state index in [0.717, 1.165) is 16.7 Å². The molecule has 2 aromatic carbocycles. The van der Waals surface area contributed by atoms with Gasteiger partial charge in [0.25, 0.3) is 0 Å². The molecule has 2 aromatic rings. The molecule has 5 N–H and O–H groups in total. The number of nitrogens with two attached hydrogens (primary N) is 2. The quantitative estimate of drug-likeness (QED) is 0.670. The van der Waals surface area contributed by atoms with E-state index in [9.17, 15) is 0 Å². The molecule has 0 aliphatic carbocycles. The van der Waals surface area contributed by atoms with Gasteiger partial charge in [0, 0.05) is 28.8 Å². The molecule has 0 amide bonds. The SMILES string of the molecule is COc1cc(CC2=CNC(N)(c3ccccc3Cl)N=C2N)c(C(C)C)cc1OC. The van der Waals surface area contributed by atoms with Gasteiger partial charge in [-0.1, -0.05) is 43.6 Å². The molecule has 29 heavy (non-hydrogen) atoms. The standard InChI is InChI=1S/C22H27ClN4O2/c1-13(2)16-11-20(29-4)19(28-3)10-14(16)9-15-12-26-22(25,27-21(15)24)17-7-5-6-8-18(17)23/h5-8,10-13,26H,9,25H2,1-4H3,(H2,24,27). The molecule has 3 rings (SSSR count). The molecule has 0 fully saturated rings. The van der Waals surface area contributed by atoms with Crippen molar-refractivity contribution in [1.29, 1.82) is 0 Å². The Bertz CT molecular complexity index is 971. The van der Waals surface area contributed by atoms with Gasteiger partial charge in [0.05, 0.1) is 14.2 Å². The van der Waals surface area contributed by atoms with Crippen LogP contribution in [0.4, 0.5) is 0 Å². The van der Waals surface area contributed by atoms with Crippen LogP contribution < -0.4 is 26.3 Å². The number of nitrogens with zero attached hydrogens (tertiary/aromatic N) is 1. The first kappa shape index (κ1) is 21.0. The summed E-state index contributed by atoms with van der Waals surface area (Å²) in [7, 11) is 3.26. The summed E-state index contributed by atoms with van der Waals surface area (Å²) in [6.45, 7) is 4.27. The first-order valence-corrected chi connectivity index (χ1v) is 9.78. The number of hydrogen-bond acceptors (Lipinski definition) is 6. The Morgan fingerprint density at radius 2 is 1.79 bits per heavy atom. The molecular formula is C22H27ClN4O2. The molecule has 1 atom stereocenters. The van der Waals surface area contributed by atoms with Crippen molar-refractivity contribution >= 4 is 17.4 Å². The van der Waals surface area contributed by atoms with Gasteiger partial charge in [-0.05, 0) is 35.2 Å². The van der Waals surface area contributed by atoms with E-state index in [1.54, 1.807) is 20.3 Å². The molecule has 0 saturated carbocycles. The highest BCUT2D eigenvalue weighted by atomic mass is 35.5. The van der Waals surface area contributed by atoms with Gasteiger partial charge in [0.2, 0.25) is 5.79 Å². The fraction of sp³-hybridized carbons (Fsp3) is 0.318. The van der Waals surface area contributed by atoms with E-state index in [-0.39, 0.29) is 0 Å². The Morgan fingerprint density at radius 1 is 1.14 bits per heavy atom. The number of halogens is 1. The van der Waals surface area contributed by atoms with Crippen LogP contribution in [0.15, 0.2) is 53.2 Å². The van der Waals surface area contributed by atoms with Crippen LogP contribution in [-0.4, -0.2) is 20.1 Å². The highest BCUT2D eigenvalue weighted by molar-refractivity contribution is 6.31. The Hall–Kier alpha value is -2.70. The fourth-order valence-electron chi connectivity index (χ4n) is 3.45. The maximum Gasteiger partial charge on any atom is 0.212 e. The van der Waals surface area contributed by atoms with Gasteiger partial charge < -0.3 is 20.5 Å². The first-order chi connectivity index (χ1) is 13.8. The van der Waals surface area contributed by atoms with Crippen molar-refractivity contribution in [2.75, 3.05) is 14.2 Å². The summed E-state index contributed by atoms with van der Waals surface area (Å²) < 4.78 is 10.9. The van der Waals surface area contributed by atoms with Gasteiger partial charge in [0.1, 0.15) is 5.84 Å². The van der Waals surface area contributed by atoms with Crippen molar-refractivity contribution in [1.82, 2.24) is 5.32 Å². The molecule has 1 aliphatic heterocycles. The number of amidine groups is 1. The summed E-state index contributed by atoms with van der Waals surface area (Å²) in [6.07, 6.45) is 2.39. The second kappa shape index (κ2) is 8.35. The van der Waals surface area contributed by atoms with E-state index in [1.165, 1.54) is 0 Å². The van der Waals surface area contributed by atoms with Crippen LogP contribution in [0.2, 0.25) is 5.02 Å². The molecule has 1 unspecified atom stereocenters. The Kier molecular flexibility index (Phi) is 6.05. The third-order valence-corrected chi connectivity index (χ3v) is 5.35. The van der Waals surface area contributed by atoms with Crippen molar-refractivity contribution in [3.05, 3.63) is 69.9 Å². The molecule has 0 bridgehead atoms. The van der Waals surface area contributed by atoms with E-state index in [1.807, 2.05) is 36.5 Å². The summed E-state index contributed by atoms with van der Waals surface area (Å²) >= 11 is 6.30. The molecule has 1 heterocycles. The van der Waals surface area contributed by atoms with Crippen LogP contribution in [0, 0.1) is 0 Å². The topological polar surface area (TPSA) is 94.9 Å². The van der Waals surface area contributed by atoms with E-state index in [4.69, 9.17) is 32.5 Å². The molecule has 154 valence electrons. The number of ether oxygens (including phenoxy) is 2. The minimum Gasteiger partial charge on any atom is -0.493 e. The molecule has 7 heteroatoms. The molecule has 1 aliphatic rings. The van der Waals surface area contributed by atoms with Crippen LogP contribution in [0.3, 0.4) is 0 Å². The van der Waals surface area contributed by atoms with Gasteiger partial charge in [-0.3, -0.25) is 5.73 Å². The number of methoxy groups -OCH3 is 2. The molecule has 0 radical (unpaired) electrons. The van der Waals surface area contributed by atoms with Crippen LogP contribution >= 0.6 is 11.6 Å². The second-order valence-electron chi connectivity index (χ2n) is 7.29. The van der Waals surface area contributed by atoms with Gasteiger partial charge in [0.15, 0.2) is 11.5 Å². The third kappa shape index (κ3) is 4.18. The summed E-state index contributed by atoms with van der Waals surface area (Å²) in [5.41, 5.74) is 16.5. The lowest BCUT2D eigenvalue weighted by Gasteiger charge is -2.31. The van der Waals surface area contributed by atoms with E-state index >= 15 is 0 Å².